The summed E-state index contributed by atoms with van der Waals surface area (Å²) in [6.45, 7) is 3.84. The van der Waals surface area contributed by atoms with Gasteiger partial charge >= 0.3 is 0 Å². The molecule has 0 aliphatic carbocycles. The van der Waals surface area contributed by atoms with Gasteiger partial charge in [-0.05, 0) is 23.4 Å². The summed E-state index contributed by atoms with van der Waals surface area (Å²) < 4.78 is 0. The second-order valence-corrected chi connectivity index (χ2v) is 6.66. The Morgan fingerprint density at radius 1 is 1.13 bits per heavy atom. The maximum atomic E-state index is 12.4. The summed E-state index contributed by atoms with van der Waals surface area (Å²) in [7, 11) is 0. The zero-order valence-corrected chi connectivity index (χ0v) is 13.9. The van der Waals surface area contributed by atoms with Crippen LogP contribution >= 0.6 is 11.3 Å². The molecule has 1 saturated heterocycles. The Morgan fingerprint density at radius 3 is 2.70 bits per heavy atom. The van der Waals surface area contributed by atoms with Crippen LogP contribution < -0.4 is 0 Å². The predicted octanol–water partition coefficient (Wildman–Crippen LogP) is 2.63. The molecule has 0 bridgehead atoms. The summed E-state index contributed by atoms with van der Waals surface area (Å²) in [5.74, 6) is 0.122. The van der Waals surface area contributed by atoms with Crippen molar-refractivity contribution < 1.29 is 9.90 Å². The van der Waals surface area contributed by atoms with E-state index < -0.39 is 6.10 Å². The summed E-state index contributed by atoms with van der Waals surface area (Å²) in [6.07, 6.45) is 0.465. The normalized spacial score (nSPS) is 17.7. The minimum absolute atomic E-state index is 0.122. The first-order valence-corrected chi connectivity index (χ1v) is 8.95. The van der Waals surface area contributed by atoms with Gasteiger partial charge in [0.05, 0.1) is 11.7 Å². The van der Waals surface area contributed by atoms with Gasteiger partial charge < -0.3 is 10.0 Å². The lowest BCUT2D eigenvalue weighted by Crippen LogP contribution is -2.36. The molecule has 122 valence electrons. The third-order valence-electron chi connectivity index (χ3n) is 4.26. The van der Waals surface area contributed by atoms with Crippen LogP contribution in [0.25, 0.3) is 0 Å². The SMILES string of the molecule is O=C(c1ccsc1)N1CCCN(C[C@H](O)c2ccccc2)CC1. The lowest BCUT2D eigenvalue weighted by Gasteiger charge is -2.24. The molecule has 4 nitrogen and oxygen atoms in total. The van der Waals surface area contributed by atoms with Gasteiger partial charge in [0.1, 0.15) is 0 Å². The van der Waals surface area contributed by atoms with E-state index in [1.54, 1.807) is 11.3 Å². The third kappa shape index (κ3) is 4.19. The Hall–Kier alpha value is -1.69. The van der Waals surface area contributed by atoms with Crippen molar-refractivity contribution in [1.29, 1.82) is 0 Å². The van der Waals surface area contributed by atoms with E-state index in [-0.39, 0.29) is 5.91 Å². The Morgan fingerprint density at radius 2 is 1.96 bits per heavy atom. The number of carbonyl (C=O) groups is 1. The topological polar surface area (TPSA) is 43.8 Å². The largest absolute Gasteiger partial charge is 0.387 e. The molecule has 1 aromatic carbocycles. The summed E-state index contributed by atoms with van der Waals surface area (Å²) >= 11 is 1.55. The molecule has 1 aromatic heterocycles. The van der Waals surface area contributed by atoms with E-state index >= 15 is 0 Å². The molecule has 5 heteroatoms. The Bertz CT molecular complexity index is 615. The zero-order chi connectivity index (χ0) is 16.1. The molecule has 3 rings (SSSR count). The quantitative estimate of drug-likeness (QED) is 0.937. The van der Waals surface area contributed by atoms with E-state index in [1.807, 2.05) is 52.1 Å². The van der Waals surface area contributed by atoms with Crippen LogP contribution in [-0.4, -0.2) is 53.5 Å². The van der Waals surface area contributed by atoms with Gasteiger partial charge in [-0.25, -0.2) is 0 Å². The van der Waals surface area contributed by atoms with E-state index in [9.17, 15) is 9.90 Å². The van der Waals surface area contributed by atoms with Crippen molar-refractivity contribution in [2.45, 2.75) is 12.5 Å². The van der Waals surface area contributed by atoms with Crippen LogP contribution in [0.1, 0.15) is 28.4 Å². The summed E-state index contributed by atoms with van der Waals surface area (Å²) in [5.41, 5.74) is 1.73. The van der Waals surface area contributed by atoms with Crippen molar-refractivity contribution in [2.24, 2.45) is 0 Å². The molecule has 1 atom stereocenters. The monoisotopic (exact) mass is 330 g/mol. The molecular weight excluding hydrogens is 308 g/mol. The fraction of sp³-hybridized carbons (Fsp3) is 0.389. The summed E-state index contributed by atoms with van der Waals surface area (Å²) in [6, 6.07) is 11.6. The van der Waals surface area contributed by atoms with E-state index in [0.29, 0.717) is 6.54 Å². The highest BCUT2D eigenvalue weighted by Gasteiger charge is 2.22. The van der Waals surface area contributed by atoms with Crippen LogP contribution in [0.5, 0.6) is 0 Å². The average Bonchev–Trinajstić information content (AvgIpc) is 3.02. The average molecular weight is 330 g/mol. The van der Waals surface area contributed by atoms with Crippen molar-refractivity contribution in [3.8, 4) is 0 Å². The van der Waals surface area contributed by atoms with Crippen molar-refractivity contribution in [1.82, 2.24) is 9.80 Å². The van der Waals surface area contributed by atoms with Crippen LogP contribution in [0.15, 0.2) is 47.2 Å². The molecule has 1 aliphatic rings. The second kappa shape index (κ2) is 7.73. The minimum atomic E-state index is -0.477. The van der Waals surface area contributed by atoms with Gasteiger partial charge in [0.25, 0.3) is 5.91 Å². The molecule has 1 N–H and O–H groups in total. The van der Waals surface area contributed by atoms with Gasteiger partial charge in [-0.1, -0.05) is 30.3 Å². The van der Waals surface area contributed by atoms with Crippen LogP contribution in [0, 0.1) is 0 Å². The number of aliphatic hydroxyl groups excluding tert-OH is 1. The van der Waals surface area contributed by atoms with Gasteiger partial charge in [-0.2, -0.15) is 11.3 Å². The molecule has 0 radical (unpaired) electrons. The van der Waals surface area contributed by atoms with Crippen molar-refractivity contribution >= 4 is 17.2 Å². The number of thiophene rings is 1. The fourth-order valence-corrected chi connectivity index (χ4v) is 3.58. The van der Waals surface area contributed by atoms with E-state index in [4.69, 9.17) is 0 Å². The Kier molecular flexibility index (Phi) is 5.43. The van der Waals surface area contributed by atoms with Gasteiger partial charge in [0, 0.05) is 38.1 Å². The van der Waals surface area contributed by atoms with E-state index in [2.05, 4.69) is 4.90 Å². The standard InChI is InChI=1S/C18H22N2O2S/c21-17(15-5-2-1-3-6-15)13-19-8-4-9-20(11-10-19)18(22)16-7-12-23-14-16/h1-3,5-7,12,14,17,21H,4,8-11,13H2/t17-/m0/s1. The Balaban J connectivity index is 1.55. The van der Waals surface area contributed by atoms with Crippen LogP contribution in [-0.2, 0) is 0 Å². The molecule has 2 heterocycles. The van der Waals surface area contributed by atoms with Crippen molar-refractivity contribution in [2.75, 3.05) is 32.7 Å². The molecule has 2 aromatic rings. The number of hydrogen-bond donors (Lipinski definition) is 1. The molecule has 1 amide bonds. The highest BCUT2D eigenvalue weighted by molar-refractivity contribution is 7.08. The number of nitrogens with zero attached hydrogens (tertiary/aromatic N) is 2. The number of amides is 1. The molecule has 1 aliphatic heterocycles. The third-order valence-corrected chi connectivity index (χ3v) is 4.94. The molecule has 0 spiro atoms. The highest BCUT2D eigenvalue weighted by atomic mass is 32.1. The second-order valence-electron chi connectivity index (χ2n) is 5.88. The number of benzene rings is 1. The van der Waals surface area contributed by atoms with Crippen LogP contribution in [0.2, 0.25) is 0 Å². The zero-order valence-electron chi connectivity index (χ0n) is 13.1. The number of hydrogen-bond acceptors (Lipinski definition) is 4. The number of rotatable bonds is 4. The Labute approximate surface area is 141 Å². The molecule has 0 saturated carbocycles. The molecular formula is C18H22N2O2S. The minimum Gasteiger partial charge on any atom is -0.387 e. The summed E-state index contributed by atoms with van der Waals surface area (Å²) in [4.78, 5) is 16.6. The predicted molar refractivity (Wildman–Crippen MR) is 92.7 cm³/mol. The lowest BCUT2D eigenvalue weighted by molar-refractivity contribution is 0.0755. The summed E-state index contributed by atoms with van der Waals surface area (Å²) in [5, 5.41) is 14.2. The molecule has 0 unspecified atom stereocenters. The lowest BCUT2D eigenvalue weighted by atomic mass is 10.1. The van der Waals surface area contributed by atoms with Gasteiger partial charge in [0.2, 0.25) is 0 Å². The van der Waals surface area contributed by atoms with Crippen molar-refractivity contribution in [3.05, 3.63) is 58.3 Å². The smallest absolute Gasteiger partial charge is 0.254 e. The first kappa shape index (κ1) is 16.2. The van der Waals surface area contributed by atoms with Crippen LogP contribution in [0.3, 0.4) is 0 Å². The first-order valence-electron chi connectivity index (χ1n) is 8.01. The first-order chi connectivity index (χ1) is 11.2. The number of carbonyl (C=O) groups excluding carboxylic acids is 1. The maximum absolute atomic E-state index is 12.4. The van der Waals surface area contributed by atoms with Gasteiger partial charge in [0.15, 0.2) is 0 Å². The maximum Gasteiger partial charge on any atom is 0.254 e. The molecule has 1 fully saturated rings. The van der Waals surface area contributed by atoms with Gasteiger partial charge in [-0.15, -0.1) is 0 Å². The van der Waals surface area contributed by atoms with E-state index in [0.717, 1.165) is 43.7 Å². The van der Waals surface area contributed by atoms with Gasteiger partial charge in [-0.3, -0.25) is 9.69 Å². The number of β-amino-alcohol motifs (C(OH)–C–C–N with tert-alkyl or cyclic N) is 1. The fourth-order valence-electron chi connectivity index (χ4n) is 2.95. The van der Waals surface area contributed by atoms with Crippen LogP contribution in [0.4, 0.5) is 0 Å². The van der Waals surface area contributed by atoms with E-state index in [1.165, 1.54) is 0 Å². The molecule has 23 heavy (non-hydrogen) atoms. The number of aliphatic hydroxyl groups is 1. The highest BCUT2D eigenvalue weighted by Crippen LogP contribution is 2.16. The van der Waals surface area contributed by atoms with Crippen molar-refractivity contribution in [3.63, 3.8) is 0 Å².